The highest BCUT2D eigenvalue weighted by Crippen LogP contribution is 2.35. The predicted octanol–water partition coefficient (Wildman–Crippen LogP) is 4.85. The van der Waals surface area contributed by atoms with Crippen LogP contribution in [0, 0.1) is 5.82 Å². The quantitative estimate of drug-likeness (QED) is 0.380. The third kappa shape index (κ3) is 4.41. The third-order valence-corrected chi connectivity index (χ3v) is 6.79. The molecule has 8 nitrogen and oxygen atoms in total. The Morgan fingerprint density at radius 2 is 1.58 bits per heavy atom. The van der Waals surface area contributed by atoms with Crippen molar-refractivity contribution in [2.45, 2.75) is 4.90 Å². The number of nitrogens with zero attached hydrogens (tertiary/aromatic N) is 2. The second-order valence-corrected chi connectivity index (χ2v) is 9.61. The van der Waals surface area contributed by atoms with Gasteiger partial charge in [-0.25, -0.2) is 22.8 Å². The van der Waals surface area contributed by atoms with E-state index >= 15 is 0 Å². The molecule has 3 aromatic carbocycles. The highest BCUT2D eigenvalue weighted by atomic mass is 79.9. The van der Waals surface area contributed by atoms with Crippen molar-refractivity contribution in [2.24, 2.45) is 0 Å². The average molecular weight is 531 g/mol. The highest BCUT2D eigenvalue weighted by Gasteiger charge is 2.21. The molecule has 0 spiro atoms. The number of nitrogens with one attached hydrogen (secondary N) is 2. The summed E-state index contributed by atoms with van der Waals surface area (Å²) in [5.74, 6) is 0.623. The van der Waals surface area contributed by atoms with E-state index in [4.69, 9.17) is 9.47 Å². The van der Waals surface area contributed by atoms with Crippen molar-refractivity contribution < 1.29 is 22.3 Å². The highest BCUT2D eigenvalue weighted by molar-refractivity contribution is 9.10. The van der Waals surface area contributed by atoms with E-state index in [1.807, 2.05) is 0 Å². The molecular weight excluding hydrogens is 515 g/mol. The van der Waals surface area contributed by atoms with Crippen LogP contribution in [0.4, 0.5) is 21.7 Å². The summed E-state index contributed by atoms with van der Waals surface area (Å²) < 4.78 is 53.6. The molecule has 2 N–H and O–H groups in total. The van der Waals surface area contributed by atoms with Crippen LogP contribution in [0.25, 0.3) is 11.0 Å². The number of halogens is 2. The molecule has 1 aromatic heterocycles. The Hall–Kier alpha value is -3.44. The van der Waals surface area contributed by atoms with Gasteiger partial charge >= 0.3 is 0 Å². The van der Waals surface area contributed by atoms with E-state index in [1.54, 1.807) is 42.5 Å². The standard InChI is InChI=1S/C22H16BrFN4O4S/c23-15-7-6-14(12-16(15)24)33(29,30)28-22-21(26-17-3-1-2-4-18(17)27-22)25-13-5-8-19-20(11-13)32-10-9-31-19/h1-8,11-12H,9-10H2,(H,25,26)(H,27,28). The first-order chi connectivity index (χ1) is 15.9. The largest absolute Gasteiger partial charge is 0.486 e. The summed E-state index contributed by atoms with van der Waals surface area (Å²) in [6.07, 6.45) is 0. The Bertz CT molecular complexity index is 1480. The van der Waals surface area contributed by atoms with Crippen LogP contribution in [-0.2, 0) is 10.0 Å². The van der Waals surface area contributed by atoms with Crippen LogP contribution < -0.4 is 19.5 Å². The molecule has 0 amide bonds. The maximum Gasteiger partial charge on any atom is 0.263 e. The third-order valence-electron chi connectivity index (χ3n) is 4.81. The lowest BCUT2D eigenvalue weighted by molar-refractivity contribution is 0.171. The summed E-state index contributed by atoms with van der Waals surface area (Å²) in [6.45, 7) is 0.902. The second kappa shape index (κ2) is 8.49. The van der Waals surface area contributed by atoms with Crippen LogP contribution in [0.15, 0.2) is 70.0 Å². The lowest BCUT2D eigenvalue weighted by Crippen LogP contribution is -2.16. The first kappa shape index (κ1) is 21.4. The van der Waals surface area contributed by atoms with Crippen LogP contribution in [0.5, 0.6) is 11.5 Å². The van der Waals surface area contributed by atoms with Gasteiger partial charge in [-0.3, -0.25) is 4.72 Å². The van der Waals surface area contributed by atoms with Crippen molar-refractivity contribution in [1.82, 2.24) is 9.97 Å². The predicted molar refractivity (Wildman–Crippen MR) is 125 cm³/mol. The van der Waals surface area contributed by atoms with Gasteiger partial charge in [0.05, 0.1) is 20.4 Å². The number of para-hydroxylation sites is 2. The van der Waals surface area contributed by atoms with E-state index < -0.39 is 15.8 Å². The fourth-order valence-corrected chi connectivity index (χ4v) is 4.51. The lowest BCUT2D eigenvalue weighted by atomic mass is 10.2. The van der Waals surface area contributed by atoms with E-state index in [0.29, 0.717) is 41.4 Å². The van der Waals surface area contributed by atoms with E-state index in [-0.39, 0.29) is 21.0 Å². The van der Waals surface area contributed by atoms with E-state index in [0.717, 1.165) is 6.07 Å². The Labute approximate surface area is 197 Å². The molecule has 2 heterocycles. The summed E-state index contributed by atoms with van der Waals surface area (Å²) in [5.41, 5.74) is 1.65. The minimum atomic E-state index is -4.15. The fraction of sp³-hybridized carbons (Fsp3) is 0.0909. The first-order valence-electron chi connectivity index (χ1n) is 9.80. The van der Waals surface area contributed by atoms with Crippen LogP contribution in [-0.4, -0.2) is 31.6 Å². The van der Waals surface area contributed by atoms with Gasteiger partial charge in [0.1, 0.15) is 19.0 Å². The zero-order valence-electron chi connectivity index (χ0n) is 16.9. The van der Waals surface area contributed by atoms with E-state index in [2.05, 4.69) is 35.9 Å². The molecule has 0 saturated heterocycles. The number of rotatable bonds is 5. The Balaban J connectivity index is 1.55. The summed E-state index contributed by atoms with van der Waals surface area (Å²) >= 11 is 3.02. The minimum absolute atomic E-state index is 0.0353. The van der Waals surface area contributed by atoms with Crippen molar-refractivity contribution in [3.8, 4) is 11.5 Å². The van der Waals surface area contributed by atoms with Crippen molar-refractivity contribution in [3.05, 3.63) is 71.0 Å². The van der Waals surface area contributed by atoms with Crippen LogP contribution in [0.3, 0.4) is 0 Å². The number of hydrogen-bond donors (Lipinski definition) is 2. The van der Waals surface area contributed by atoms with Crippen LogP contribution >= 0.6 is 15.9 Å². The van der Waals surface area contributed by atoms with Crippen molar-refractivity contribution >= 4 is 54.3 Å². The number of anilines is 3. The molecule has 0 unspecified atom stereocenters. The van der Waals surface area contributed by atoms with Gasteiger partial charge < -0.3 is 14.8 Å². The van der Waals surface area contributed by atoms with Gasteiger partial charge in [0, 0.05) is 11.8 Å². The van der Waals surface area contributed by atoms with Gasteiger partial charge in [0.25, 0.3) is 10.0 Å². The van der Waals surface area contributed by atoms with Gasteiger partial charge in [-0.05, 0) is 58.4 Å². The number of aromatic nitrogens is 2. The number of benzene rings is 3. The van der Waals surface area contributed by atoms with Crippen molar-refractivity contribution in [1.29, 1.82) is 0 Å². The normalized spacial score (nSPS) is 13.0. The zero-order valence-corrected chi connectivity index (χ0v) is 19.3. The Kier molecular flexibility index (Phi) is 5.51. The average Bonchev–Trinajstić information content (AvgIpc) is 2.81. The zero-order chi connectivity index (χ0) is 23.0. The monoisotopic (exact) mass is 530 g/mol. The van der Waals surface area contributed by atoms with Gasteiger partial charge in [-0.1, -0.05) is 12.1 Å². The number of hydrogen-bond acceptors (Lipinski definition) is 7. The Morgan fingerprint density at radius 3 is 2.30 bits per heavy atom. The maximum atomic E-state index is 14.0. The number of sulfonamides is 1. The minimum Gasteiger partial charge on any atom is -0.486 e. The maximum absolute atomic E-state index is 14.0. The fourth-order valence-electron chi connectivity index (χ4n) is 3.25. The van der Waals surface area contributed by atoms with E-state index in [1.165, 1.54) is 12.1 Å². The summed E-state index contributed by atoms with van der Waals surface area (Å²) in [7, 11) is -4.15. The molecule has 1 aliphatic heterocycles. The van der Waals surface area contributed by atoms with Gasteiger partial charge in [0.2, 0.25) is 0 Å². The van der Waals surface area contributed by atoms with Crippen LogP contribution in [0.2, 0.25) is 0 Å². The molecule has 5 rings (SSSR count). The van der Waals surface area contributed by atoms with Gasteiger partial charge in [-0.2, -0.15) is 0 Å². The molecule has 1 aliphatic rings. The van der Waals surface area contributed by atoms with Gasteiger partial charge in [-0.15, -0.1) is 0 Å². The van der Waals surface area contributed by atoms with Gasteiger partial charge in [0.15, 0.2) is 23.1 Å². The Morgan fingerprint density at radius 1 is 0.879 bits per heavy atom. The number of fused-ring (bicyclic) bond motifs is 2. The topological polar surface area (TPSA) is 102 Å². The first-order valence-corrected chi connectivity index (χ1v) is 12.1. The molecule has 168 valence electrons. The molecule has 4 aromatic rings. The number of ether oxygens (including phenoxy) is 2. The summed E-state index contributed by atoms with van der Waals surface area (Å²) in [6, 6.07) is 15.8. The summed E-state index contributed by atoms with van der Waals surface area (Å²) in [4.78, 5) is 8.73. The smallest absolute Gasteiger partial charge is 0.263 e. The molecule has 33 heavy (non-hydrogen) atoms. The molecule has 0 atom stereocenters. The molecule has 0 radical (unpaired) electrons. The van der Waals surface area contributed by atoms with Crippen LogP contribution in [0.1, 0.15) is 0 Å². The molecule has 0 bridgehead atoms. The SMILES string of the molecule is O=S(=O)(Nc1nc2ccccc2nc1Nc1ccc2c(c1)OCCO2)c1ccc(Br)c(F)c1. The molecule has 0 fully saturated rings. The second-order valence-electron chi connectivity index (χ2n) is 7.07. The molecule has 0 aliphatic carbocycles. The summed E-state index contributed by atoms with van der Waals surface area (Å²) in [5, 5.41) is 3.09. The van der Waals surface area contributed by atoms with E-state index in [9.17, 15) is 12.8 Å². The molecule has 0 saturated carbocycles. The lowest BCUT2D eigenvalue weighted by Gasteiger charge is -2.19. The molecule has 11 heteroatoms. The van der Waals surface area contributed by atoms with Crippen molar-refractivity contribution in [3.63, 3.8) is 0 Å². The van der Waals surface area contributed by atoms with Crippen molar-refractivity contribution in [2.75, 3.05) is 23.3 Å². The molecular formula is C22H16BrFN4O4S.